The molecule has 0 bridgehead atoms. The van der Waals surface area contributed by atoms with Crippen LogP contribution in [0.25, 0.3) is 0 Å². The predicted molar refractivity (Wildman–Crippen MR) is 99.4 cm³/mol. The molecule has 136 valence electrons. The van der Waals surface area contributed by atoms with Crippen LogP contribution >= 0.6 is 0 Å². The van der Waals surface area contributed by atoms with Gasteiger partial charge in [-0.1, -0.05) is 60.7 Å². The number of nitrogens with zero attached hydrogens (tertiary/aromatic N) is 1. The smallest absolute Gasteiger partial charge is 0.330 e. The van der Waals surface area contributed by atoms with E-state index in [0.29, 0.717) is 5.56 Å². The second kappa shape index (κ2) is 8.63. The van der Waals surface area contributed by atoms with Crippen LogP contribution in [0.1, 0.15) is 30.0 Å². The fourth-order valence-corrected chi connectivity index (χ4v) is 3.39. The van der Waals surface area contributed by atoms with Gasteiger partial charge in [0.15, 0.2) is 6.04 Å². The fourth-order valence-electron chi connectivity index (χ4n) is 3.39. The molecule has 1 fully saturated rings. The lowest BCUT2D eigenvalue weighted by atomic mass is 9.94. The molecule has 1 saturated heterocycles. The van der Waals surface area contributed by atoms with Crippen molar-refractivity contribution < 1.29 is 14.7 Å². The van der Waals surface area contributed by atoms with Crippen molar-refractivity contribution in [3.63, 3.8) is 0 Å². The number of benzene rings is 2. The van der Waals surface area contributed by atoms with Gasteiger partial charge in [-0.2, -0.15) is 0 Å². The molecule has 0 aliphatic carbocycles. The molecule has 1 atom stereocenters. The topological polar surface area (TPSA) is 69.6 Å². The number of hydrogen-bond acceptors (Lipinski definition) is 3. The van der Waals surface area contributed by atoms with E-state index in [2.05, 4.69) is 22.3 Å². The van der Waals surface area contributed by atoms with Crippen molar-refractivity contribution in [2.24, 2.45) is 5.92 Å². The van der Waals surface area contributed by atoms with Gasteiger partial charge < -0.3 is 10.4 Å². The van der Waals surface area contributed by atoms with Crippen molar-refractivity contribution in [2.45, 2.75) is 25.4 Å². The monoisotopic (exact) mass is 352 g/mol. The molecule has 0 spiro atoms. The number of nitrogens with one attached hydrogen (secondary N) is 1. The van der Waals surface area contributed by atoms with Crippen molar-refractivity contribution in [1.82, 2.24) is 10.2 Å². The molecule has 0 unspecified atom stereocenters. The summed E-state index contributed by atoms with van der Waals surface area (Å²) < 4.78 is 0. The van der Waals surface area contributed by atoms with Gasteiger partial charge in [0.25, 0.3) is 0 Å². The second-order valence-corrected chi connectivity index (χ2v) is 6.73. The van der Waals surface area contributed by atoms with E-state index in [-0.39, 0.29) is 11.8 Å². The molecule has 2 aromatic carbocycles. The molecule has 5 heteroatoms. The first kappa shape index (κ1) is 18.1. The molecule has 1 aliphatic heterocycles. The lowest BCUT2D eigenvalue weighted by Gasteiger charge is -2.31. The van der Waals surface area contributed by atoms with Gasteiger partial charge in [-0.3, -0.25) is 9.69 Å². The van der Waals surface area contributed by atoms with Gasteiger partial charge in [-0.25, -0.2) is 4.79 Å². The van der Waals surface area contributed by atoms with Gasteiger partial charge >= 0.3 is 5.97 Å². The summed E-state index contributed by atoms with van der Waals surface area (Å²) >= 11 is 0. The number of likely N-dealkylation sites (tertiary alicyclic amines) is 1. The third-order valence-electron chi connectivity index (χ3n) is 4.87. The Morgan fingerprint density at radius 1 is 1.00 bits per heavy atom. The first-order chi connectivity index (χ1) is 12.6. The van der Waals surface area contributed by atoms with Crippen LogP contribution < -0.4 is 5.32 Å². The lowest BCUT2D eigenvalue weighted by Crippen LogP contribution is -2.42. The SMILES string of the molecule is O=C(N[C@@H](C(=O)O)c1ccccc1)C1CCN(Cc2ccccc2)CC1. The van der Waals surface area contributed by atoms with Gasteiger partial charge in [0, 0.05) is 12.5 Å². The number of carboxylic acids is 1. The van der Waals surface area contributed by atoms with Crippen molar-refractivity contribution in [3.05, 3.63) is 71.8 Å². The van der Waals surface area contributed by atoms with Crippen LogP contribution in [-0.4, -0.2) is 35.0 Å². The Hall–Kier alpha value is -2.66. The van der Waals surface area contributed by atoms with Crippen LogP contribution in [0.15, 0.2) is 60.7 Å². The summed E-state index contributed by atoms with van der Waals surface area (Å²) in [7, 11) is 0. The normalized spacial score (nSPS) is 16.8. The van der Waals surface area contributed by atoms with Crippen LogP contribution in [-0.2, 0) is 16.1 Å². The zero-order valence-electron chi connectivity index (χ0n) is 14.7. The molecular weight excluding hydrogens is 328 g/mol. The summed E-state index contributed by atoms with van der Waals surface area (Å²) in [5, 5.41) is 12.2. The Balaban J connectivity index is 1.53. The third kappa shape index (κ3) is 4.70. The minimum absolute atomic E-state index is 0.132. The van der Waals surface area contributed by atoms with Crippen molar-refractivity contribution in [1.29, 1.82) is 0 Å². The average molecular weight is 352 g/mol. The number of carboxylic acid groups (broad SMARTS) is 1. The third-order valence-corrected chi connectivity index (χ3v) is 4.87. The van der Waals surface area contributed by atoms with Gasteiger partial charge in [0.2, 0.25) is 5.91 Å². The first-order valence-corrected chi connectivity index (χ1v) is 8.98. The molecule has 2 aromatic rings. The summed E-state index contributed by atoms with van der Waals surface area (Å²) in [4.78, 5) is 26.4. The molecule has 2 N–H and O–H groups in total. The number of carbonyl (C=O) groups excluding carboxylic acids is 1. The van der Waals surface area contributed by atoms with Gasteiger partial charge in [-0.15, -0.1) is 0 Å². The standard InChI is InChI=1S/C21H24N2O3/c24-20(22-19(21(25)26)17-9-5-2-6-10-17)18-11-13-23(14-12-18)15-16-7-3-1-4-8-16/h1-10,18-19H,11-15H2,(H,22,24)(H,25,26)/t19-/m1/s1. The summed E-state index contributed by atoms with van der Waals surface area (Å²) in [6.45, 7) is 2.57. The summed E-state index contributed by atoms with van der Waals surface area (Å²) in [5.41, 5.74) is 1.86. The highest BCUT2D eigenvalue weighted by molar-refractivity contribution is 5.85. The van der Waals surface area contributed by atoms with Crippen LogP contribution in [0.2, 0.25) is 0 Å². The van der Waals surface area contributed by atoms with E-state index < -0.39 is 12.0 Å². The zero-order chi connectivity index (χ0) is 18.4. The highest BCUT2D eigenvalue weighted by Gasteiger charge is 2.29. The maximum atomic E-state index is 12.6. The molecule has 1 heterocycles. The minimum Gasteiger partial charge on any atom is -0.479 e. The van der Waals surface area contributed by atoms with Crippen LogP contribution in [0, 0.1) is 5.92 Å². The Bertz CT molecular complexity index is 725. The van der Waals surface area contributed by atoms with E-state index in [4.69, 9.17) is 0 Å². The molecule has 1 amide bonds. The molecule has 0 saturated carbocycles. The van der Waals surface area contributed by atoms with E-state index in [1.165, 1.54) is 5.56 Å². The molecule has 0 radical (unpaired) electrons. The summed E-state index contributed by atoms with van der Waals surface area (Å²) in [6.07, 6.45) is 1.50. The Morgan fingerprint density at radius 2 is 1.58 bits per heavy atom. The Labute approximate surface area is 153 Å². The first-order valence-electron chi connectivity index (χ1n) is 8.98. The molecule has 5 nitrogen and oxygen atoms in total. The number of rotatable bonds is 6. The highest BCUT2D eigenvalue weighted by Crippen LogP contribution is 2.21. The number of aliphatic carboxylic acids is 1. The number of piperidine rings is 1. The second-order valence-electron chi connectivity index (χ2n) is 6.73. The van der Waals surface area contributed by atoms with Crippen LogP contribution in [0.5, 0.6) is 0 Å². The number of amides is 1. The van der Waals surface area contributed by atoms with Crippen molar-refractivity contribution in [3.8, 4) is 0 Å². The van der Waals surface area contributed by atoms with Crippen LogP contribution in [0.4, 0.5) is 0 Å². The van der Waals surface area contributed by atoms with E-state index in [0.717, 1.165) is 32.5 Å². The molecule has 26 heavy (non-hydrogen) atoms. The quantitative estimate of drug-likeness (QED) is 0.839. The maximum Gasteiger partial charge on any atom is 0.330 e. The molecular formula is C21H24N2O3. The Kier molecular flexibility index (Phi) is 6.02. The van der Waals surface area contributed by atoms with E-state index in [9.17, 15) is 14.7 Å². The van der Waals surface area contributed by atoms with E-state index >= 15 is 0 Å². The summed E-state index contributed by atoms with van der Waals surface area (Å²) in [5.74, 6) is -1.33. The van der Waals surface area contributed by atoms with Crippen molar-refractivity contribution in [2.75, 3.05) is 13.1 Å². The number of hydrogen-bond donors (Lipinski definition) is 2. The van der Waals surface area contributed by atoms with Crippen molar-refractivity contribution >= 4 is 11.9 Å². The van der Waals surface area contributed by atoms with Gasteiger partial charge in [0.05, 0.1) is 0 Å². The van der Waals surface area contributed by atoms with Gasteiger partial charge in [0.1, 0.15) is 0 Å². The molecule has 3 rings (SSSR count). The maximum absolute atomic E-state index is 12.6. The molecule has 1 aliphatic rings. The fraction of sp³-hybridized carbons (Fsp3) is 0.333. The zero-order valence-corrected chi connectivity index (χ0v) is 14.7. The largest absolute Gasteiger partial charge is 0.479 e. The van der Waals surface area contributed by atoms with E-state index in [1.54, 1.807) is 24.3 Å². The lowest BCUT2D eigenvalue weighted by molar-refractivity contribution is -0.143. The average Bonchev–Trinajstić information content (AvgIpc) is 2.68. The summed E-state index contributed by atoms with van der Waals surface area (Å²) in [6, 6.07) is 18.1. The van der Waals surface area contributed by atoms with Gasteiger partial charge in [-0.05, 0) is 37.1 Å². The Morgan fingerprint density at radius 3 is 2.15 bits per heavy atom. The minimum atomic E-state index is -1.04. The number of carbonyl (C=O) groups is 2. The predicted octanol–water partition coefficient (Wildman–Crippen LogP) is 2.84. The highest BCUT2D eigenvalue weighted by atomic mass is 16.4. The molecule has 0 aromatic heterocycles. The van der Waals surface area contributed by atoms with E-state index in [1.807, 2.05) is 24.3 Å². The van der Waals surface area contributed by atoms with Crippen LogP contribution in [0.3, 0.4) is 0 Å².